The van der Waals surface area contributed by atoms with E-state index in [1.54, 1.807) is 40.9 Å². The van der Waals surface area contributed by atoms with Crippen LogP contribution in [0, 0.1) is 27.7 Å². The quantitative estimate of drug-likeness (QED) is 0.106. The minimum Gasteiger partial charge on any atom is -0.485 e. The van der Waals surface area contributed by atoms with Crippen LogP contribution in [0.3, 0.4) is 0 Å². The highest BCUT2D eigenvalue weighted by Crippen LogP contribution is 2.61. The second-order valence-corrected chi connectivity index (χ2v) is 20.6. The van der Waals surface area contributed by atoms with Gasteiger partial charge in [-0.05, 0) is 56.4 Å². The molecule has 0 atom stereocenters. The molecule has 0 bridgehead atoms. The van der Waals surface area contributed by atoms with Crippen LogP contribution >= 0.6 is 68.0 Å². The zero-order chi connectivity index (χ0) is 34.6. The summed E-state index contributed by atoms with van der Waals surface area (Å²) in [7, 11) is -3.69. The first-order valence-corrected chi connectivity index (χ1v) is 22.8. The number of unbranched alkanes of at least 4 members (excludes halogenated alkanes) is 3. The molecule has 0 fully saturated rings. The zero-order valence-corrected chi connectivity index (χ0v) is 33.6. The minimum atomic E-state index is -3.69. The molecule has 0 saturated heterocycles. The van der Waals surface area contributed by atoms with Crippen LogP contribution in [0.5, 0.6) is 11.5 Å². The first-order valence-electron chi connectivity index (χ1n) is 16.4. The number of nitrogens with zero attached hydrogens (tertiary/aromatic N) is 3. The molecule has 258 valence electrons. The number of ether oxygens (including phenoxy) is 2. The van der Waals surface area contributed by atoms with Gasteiger partial charge >= 0.3 is 0 Å². The number of rotatable bonds is 9. The standard InChI is InChI=1S/C35H31N3O5S7/c1-6-7-8-9-10-38-13-19(36-37-38)28-21-22(43-12-11-42-21)29(49-28)24-17(4)26-31(47-24)30-25(45-26)16(3)23(46-30)27-18(5)35-33(48-27)32-34(50(35,40)41)15(2)20(14-39)44-32/h13-14H,6-12H2,1-5H3. The van der Waals surface area contributed by atoms with Gasteiger partial charge in [0.15, 0.2) is 17.8 Å². The summed E-state index contributed by atoms with van der Waals surface area (Å²) in [6, 6.07) is 0. The van der Waals surface area contributed by atoms with Gasteiger partial charge in [-0.3, -0.25) is 9.48 Å². The van der Waals surface area contributed by atoms with Crippen LogP contribution in [0.1, 0.15) is 64.5 Å². The summed E-state index contributed by atoms with van der Waals surface area (Å²) in [4.78, 5) is 19.7. The summed E-state index contributed by atoms with van der Waals surface area (Å²) in [6.07, 6.45) is 7.48. The lowest BCUT2D eigenvalue weighted by molar-refractivity contribution is 0.112. The van der Waals surface area contributed by atoms with Gasteiger partial charge in [0.2, 0.25) is 9.84 Å². The Morgan fingerprint density at radius 1 is 0.700 bits per heavy atom. The number of thiophene rings is 6. The second kappa shape index (κ2) is 12.1. The van der Waals surface area contributed by atoms with Gasteiger partial charge in [-0.2, -0.15) is 0 Å². The molecule has 0 aliphatic carbocycles. The number of carbonyl (C=O) groups is 1. The predicted octanol–water partition coefficient (Wildman–Crippen LogP) is 11.2. The molecule has 2 aliphatic rings. The van der Waals surface area contributed by atoms with E-state index in [4.69, 9.17) is 9.47 Å². The van der Waals surface area contributed by atoms with Crippen molar-refractivity contribution in [2.75, 3.05) is 13.2 Å². The summed E-state index contributed by atoms with van der Waals surface area (Å²) >= 11 is 9.83. The van der Waals surface area contributed by atoms with Crippen LogP contribution in [0.4, 0.5) is 0 Å². The maximum absolute atomic E-state index is 13.8. The molecule has 7 aromatic rings. The second-order valence-electron chi connectivity index (χ2n) is 12.7. The molecule has 8 nitrogen and oxygen atoms in total. The molecule has 0 aromatic carbocycles. The van der Waals surface area contributed by atoms with Gasteiger partial charge in [0.1, 0.15) is 23.8 Å². The average Bonchev–Trinajstić information content (AvgIpc) is 3.96. The first-order chi connectivity index (χ1) is 24.1. The molecule has 15 heteroatoms. The molecular weight excluding hydrogens is 767 g/mol. The molecule has 50 heavy (non-hydrogen) atoms. The number of fused-ring (bicyclic) bond motifs is 7. The Hall–Kier alpha value is -2.92. The van der Waals surface area contributed by atoms with E-state index in [-0.39, 0.29) is 0 Å². The number of aromatic nitrogens is 3. The number of aldehydes is 1. The lowest BCUT2D eigenvalue weighted by atomic mass is 10.2. The normalized spacial score (nSPS) is 14.7. The van der Waals surface area contributed by atoms with E-state index < -0.39 is 9.84 Å². The number of hydrogen-bond acceptors (Lipinski definition) is 13. The summed E-state index contributed by atoms with van der Waals surface area (Å²) in [6.45, 7) is 12.1. The van der Waals surface area contributed by atoms with Gasteiger partial charge in [-0.25, -0.2) is 8.42 Å². The molecule has 0 unspecified atom stereocenters. The molecule has 0 N–H and O–H groups in total. The molecule has 7 aromatic heterocycles. The topological polar surface area (TPSA) is 100 Å². The van der Waals surface area contributed by atoms with Crippen LogP contribution < -0.4 is 9.47 Å². The van der Waals surface area contributed by atoms with E-state index >= 15 is 0 Å². The molecule has 9 heterocycles. The van der Waals surface area contributed by atoms with Gasteiger partial charge in [-0.15, -0.1) is 73.1 Å². The van der Waals surface area contributed by atoms with E-state index in [2.05, 4.69) is 31.1 Å². The zero-order valence-electron chi connectivity index (χ0n) is 27.8. The highest BCUT2D eigenvalue weighted by molar-refractivity contribution is 7.92. The van der Waals surface area contributed by atoms with E-state index in [1.807, 2.05) is 29.1 Å². The van der Waals surface area contributed by atoms with Crippen molar-refractivity contribution in [3.05, 3.63) is 33.3 Å². The van der Waals surface area contributed by atoms with E-state index in [9.17, 15) is 13.2 Å². The Labute approximate surface area is 312 Å². The summed E-state index contributed by atoms with van der Waals surface area (Å²) < 4.78 is 47.0. The van der Waals surface area contributed by atoms with Crippen molar-refractivity contribution >= 4 is 103 Å². The number of hydrogen-bond donors (Lipinski definition) is 0. The van der Waals surface area contributed by atoms with Crippen molar-refractivity contribution < 1.29 is 22.7 Å². The Kier molecular flexibility index (Phi) is 7.95. The number of sulfone groups is 1. The fourth-order valence-electron chi connectivity index (χ4n) is 6.95. The molecule has 0 saturated carbocycles. The molecule has 2 aliphatic heterocycles. The summed E-state index contributed by atoms with van der Waals surface area (Å²) in [5.74, 6) is 1.54. The van der Waals surface area contributed by atoms with E-state index in [0.717, 1.165) is 66.4 Å². The SMILES string of the molecule is CCCCCCn1cc(-c2sc(-c3sc4c(sc5c(C)c(-c6sc7c(c6C)S(=O)(=O)c6c-7sc(C=O)c6C)sc54)c3C)c3c2OCCO3)nn1. The highest BCUT2D eigenvalue weighted by atomic mass is 32.2. The van der Waals surface area contributed by atoms with Crippen molar-refractivity contribution in [2.45, 2.75) is 76.6 Å². The smallest absolute Gasteiger partial charge is 0.210 e. The van der Waals surface area contributed by atoms with Crippen LogP contribution in [0.2, 0.25) is 0 Å². The maximum Gasteiger partial charge on any atom is 0.210 e. The van der Waals surface area contributed by atoms with Crippen LogP contribution in [0.15, 0.2) is 16.0 Å². The van der Waals surface area contributed by atoms with Crippen molar-refractivity contribution in [1.29, 1.82) is 0 Å². The number of carbonyl (C=O) groups excluding carboxylic acids is 1. The van der Waals surface area contributed by atoms with Crippen molar-refractivity contribution in [3.63, 3.8) is 0 Å². The molecule has 0 spiro atoms. The third kappa shape index (κ3) is 4.66. The largest absolute Gasteiger partial charge is 0.485 e. The molecular formula is C35H31N3O5S7. The lowest BCUT2D eigenvalue weighted by Crippen LogP contribution is -2.14. The fourth-order valence-corrected chi connectivity index (χ4v) is 18.4. The van der Waals surface area contributed by atoms with Gasteiger partial charge in [0, 0.05) is 16.3 Å². The monoisotopic (exact) mass is 797 g/mol. The fraction of sp³-hybridized carbons (Fsp3) is 0.343. The van der Waals surface area contributed by atoms with Crippen molar-refractivity contribution in [3.8, 4) is 51.3 Å². The molecule has 0 radical (unpaired) electrons. The predicted molar refractivity (Wildman–Crippen MR) is 209 cm³/mol. The van der Waals surface area contributed by atoms with Crippen molar-refractivity contribution in [1.82, 2.24) is 15.0 Å². The number of aryl methyl sites for hydroxylation is 3. The van der Waals surface area contributed by atoms with Gasteiger partial charge in [-0.1, -0.05) is 31.4 Å². The van der Waals surface area contributed by atoms with Gasteiger partial charge < -0.3 is 9.47 Å². The van der Waals surface area contributed by atoms with E-state index in [1.165, 1.54) is 76.7 Å². The highest BCUT2D eigenvalue weighted by Gasteiger charge is 2.42. The molecule has 9 rings (SSSR count). The summed E-state index contributed by atoms with van der Waals surface area (Å²) in [5.41, 5.74) is 4.57. The average molecular weight is 798 g/mol. The van der Waals surface area contributed by atoms with Gasteiger partial charge in [0.25, 0.3) is 0 Å². The summed E-state index contributed by atoms with van der Waals surface area (Å²) in [5, 5.41) is 8.96. The minimum absolute atomic E-state index is 0.313. The van der Waals surface area contributed by atoms with Crippen LogP contribution in [-0.4, -0.2) is 42.9 Å². The van der Waals surface area contributed by atoms with Crippen molar-refractivity contribution in [2.24, 2.45) is 0 Å². The Bertz CT molecular complexity index is 2640. The maximum atomic E-state index is 13.8. The first kappa shape index (κ1) is 33.0. The Morgan fingerprint density at radius 2 is 1.30 bits per heavy atom. The van der Waals surface area contributed by atoms with Gasteiger partial charge in [0.05, 0.1) is 59.2 Å². The third-order valence-electron chi connectivity index (χ3n) is 9.49. The third-order valence-corrected chi connectivity index (χ3v) is 20.5. The lowest BCUT2D eigenvalue weighted by Gasteiger charge is -2.16. The Balaban J connectivity index is 1.12. The van der Waals surface area contributed by atoms with E-state index in [0.29, 0.717) is 38.3 Å². The molecule has 0 amide bonds. The van der Waals surface area contributed by atoms with Crippen LogP contribution in [0.25, 0.3) is 58.6 Å². The Morgan fingerprint density at radius 3 is 1.98 bits per heavy atom. The van der Waals surface area contributed by atoms with Crippen LogP contribution in [-0.2, 0) is 16.4 Å².